The topological polar surface area (TPSA) is 72.4 Å². The summed E-state index contributed by atoms with van der Waals surface area (Å²) in [5.74, 6) is 0.387. The van der Waals surface area contributed by atoms with Crippen LogP contribution < -0.4 is 10.2 Å². The van der Waals surface area contributed by atoms with Crippen molar-refractivity contribution in [3.63, 3.8) is 0 Å². The number of fused-ring (bicyclic) bond motifs is 1. The molecule has 0 saturated carbocycles. The van der Waals surface area contributed by atoms with E-state index in [9.17, 15) is 4.79 Å². The van der Waals surface area contributed by atoms with Gasteiger partial charge in [-0.3, -0.25) is 0 Å². The van der Waals surface area contributed by atoms with Gasteiger partial charge in [-0.05, 0) is 0 Å². The fourth-order valence-electron chi connectivity index (χ4n) is 4.11. The van der Waals surface area contributed by atoms with E-state index >= 15 is 0 Å². The second-order valence-electron chi connectivity index (χ2n) is 6.05. The Morgan fingerprint density at radius 1 is 1.12 bits per heavy atom. The van der Waals surface area contributed by atoms with Crippen molar-refractivity contribution in [1.29, 1.82) is 0 Å². The van der Waals surface area contributed by atoms with Gasteiger partial charge < -0.3 is 10.2 Å². The fourth-order valence-corrected chi connectivity index (χ4v) is 6.01. The molecule has 2 atom stereocenters. The zero-order valence-corrected chi connectivity index (χ0v) is 16.6. The molecule has 0 aromatic heterocycles. The zero-order chi connectivity index (χ0) is 18.1. The van der Waals surface area contributed by atoms with Gasteiger partial charge in [-0.25, -0.2) is 0 Å². The Bertz CT molecular complexity index is 507. The summed E-state index contributed by atoms with van der Waals surface area (Å²) in [6.45, 7) is 5.87. The van der Waals surface area contributed by atoms with Crippen LogP contribution in [-0.4, -0.2) is 20.2 Å². The summed E-state index contributed by atoms with van der Waals surface area (Å²) in [5, 5.41) is 16.5. The van der Waals surface area contributed by atoms with E-state index in [2.05, 4.69) is 13.5 Å². The Labute approximate surface area is 155 Å². The zero-order valence-electron chi connectivity index (χ0n) is 15.0. The minimum Gasteiger partial charge on any atom is -0.857 e. The van der Waals surface area contributed by atoms with Gasteiger partial charge in [-0.15, -0.1) is 0 Å². The van der Waals surface area contributed by atoms with Crippen molar-refractivity contribution in [2.75, 3.05) is 14.2 Å². The van der Waals surface area contributed by atoms with Crippen LogP contribution in [0.5, 0.6) is 0 Å². The molecular formula is C19H28O4Ti. The van der Waals surface area contributed by atoms with Crippen LogP contribution in [0.25, 0.3) is 0 Å². The third-order valence-electron chi connectivity index (χ3n) is 4.98. The third-order valence-corrected chi connectivity index (χ3v) is 6.85. The van der Waals surface area contributed by atoms with Gasteiger partial charge in [0.1, 0.15) is 0 Å². The Hall–Kier alpha value is -0.676. The van der Waals surface area contributed by atoms with E-state index < -0.39 is 19.5 Å². The maximum Gasteiger partial charge on any atom is -0.153 e. The minimum atomic E-state index is -0.685. The van der Waals surface area contributed by atoms with Crippen LogP contribution in [-0.2, 0) is 27.7 Å². The second kappa shape index (κ2) is 11.0. The summed E-state index contributed by atoms with van der Waals surface area (Å²) in [6, 6.07) is 0. The number of allylic oxidation sites excluding steroid dienone is 4. The second-order valence-corrected chi connectivity index (χ2v) is 7.83. The molecule has 0 aromatic rings. The van der Waals surface area contributed by atoms with E-state index in [1.54, 1.807) is 22.3 Å². The van der Waals surface area contributed by atoms with Gasteiger partial charge in [0, 0.05) is 0 Å². The summed E-state index contributed by atoms with van der Waals surface area (Å²) in [7, 11) is 1.50. The molecule has 3 aliphatic rings. The first-order valence-corrected chi connectivity index (χ1v) is 10.1. The monoisotopic (exact) mass is 368 g/mol. The van der Waals surface area contributed by atoms with Crippen LogP contribution in [0, 0.1) is 5.92 Å². The summed E-state index contributed by atoms with van der Waals surface area (Å²) in [4.78, 5) is 11.3. The molecule has 0 saturated heterocycles. The smallest absolute Gasteiger partial charge is 0.153 e. The number of hydrogen-bond donors (Lipinski definition) is 0. The normalized spacial score (nSPS) is 24.4. The van der Waals surface area contributed by atoms with Gasteiger partial charge in [0.2, 0.25) is 0 Å². The van der Waals surface area contributed by atoms with Crippen molar-refractivity contribution in [1.82, 2.24) is 0 Å². The minimum absolute atomic E-state index is 0.235. The summed E-state index contributed by atoms with van der Waals surface area (Å²) in [5.41, 5.74) is 6.74. The fraction of sp³-hybridized carbons (Fsp3) is 0.632. The molecule has 0 bridgehead atoms. The third kappa shape index (κ3) is 4.69. The average Bonchev–Trinajstić information content (AvgIpc) is 2.96. The van der Waals surface area contributed by atoms with Crippen LogP contribution in [0.3, 0.4) is 0 Å². The Balaban J connectivity index is 0.000000671. The van der Waals surface area contributed by atoms with E-state index in [0.717, 1.165) is 14.2 Å². The molecule has 0 fully saturated rings. The van der Waals surface area contributed by atoms with Gasteiger partial charge in [0.25, 0.3) is 0 Å². The van der Waals surface area contributed by atoms with Crippen molar-refractivity contribution >= 4 is 5.97 Å². The summed E-state index contributed by atoms with van der Waals surface area (Å²) in [6.07, 6.45) is 10.3. The molecule has 4 nitrogen and oxygen atoms in total. The molecule has 0 amide bonds. The number of hydrogen-bond acceptors (Lipinski definition) is 4. The Kier molecular flexibility index (Phi) is 9.83. The first-order valence-electron chi connectivity index (χ1n) is 8.58. The molecule has 0 heterocycles. The molecule has 0 aromatic carbocycles. The molecule has 5 heteroatoms. The molecule has 0 radical (unpaired) electrons. The predicted molar refractivity (Wildman–Crippen MR) is 87.4 cm³/mol. The largest absolute Gasteiger partial charge is 0.857 e. The molecule has 3 aliphatic carbocycles. The maximum absolute atomic E-state index is 11.3. The van der Waals surface area contributed by atoms with E-state index in [-0.39, 0.29) is 5.97 Å². The first-order chi connectivity index (χ1) is 11.7. The van der Waals surface area contributed by atoms with E-state index in [1.165, 1.54) is 51.0 Å². The standard InChI is InChI=1S/C14H19.C3H4O2.2CH3O.Ti/c1-10-11-6-2-4-8-13(11)14-9-5-3-7-12(10)14;1-2-3(4)5;2*1-2;/h6,10H,2-5,7-9H2,1H3;2H,1H2,(H,4,5);2*1H3;/q;;2*-1;+3/p-1. The van der Waals surface area contributed by atoms with E-state index in [0.29, 0.717) is 10.1 Å². The molecule has 24 heavy (non-hydrogen) atoms. The van der Waals surface area contributed by atoms with Crippen LogP contribution in [0.15, 0.2) is 34.9 Å². The Morgan fingerprint density at radius 3 is 2.42 bits per heavy atom. The van der Waals surface area contributed by atoms with Crippen molar-refractivity contribution in [3.05, 3.63) is 34.9 Å². The number of carbonyl (C=O) groups is 1. The molecule has 3 rings (SSSR count). The SMILES string of the molecule is C=CC(=O)[O][Ti+2][CH]1CCCC2=C1C(C)C1=C2CCCC1.C[O-].C[O-]. The number of carbonyl (C=O) groups excluding carboxylic acids is 1. The molecule has 0 N–H and O–H groups in total. The van der Waals surface area contributed by atoms with Crippen LogP contribution >= 0.6 is 0 Å². The van der Waals surface area contributed by atoms with Gasteiger partial charge in [-0.1, -0.05) is 0 Å². The first kappa shape index (κ1) is 21.4. The maximum atomic E-state index is 11.3. The summed E-state index contributed by atoms with van der Waals surface area (Å²) < 4.78 is 6.01. The molecule has 0 aliphatic heterocycles. The van der Waals surface area contributed by atoms with Gasteiger partial charge >= 0.3 is 131 Å². The van der Waals surface area contributed by atoms with Crippen molar-refractivity contribution in [2.45, 2.75) is 56.1 Å². The van der Waals surface area contributed by atoms with Crippen LogP contribution in [0.2, 0.25) is 4.22 Å². The van der Waals surface area contributed by atoms with Gasteiger partial charge in [0.15, 0.2) is 0 Å². The Morgan fingerprint density at radius 2 is 1.75 bits per heavy atom. The van der Waals surface area contributed by atoms with Crippen molar-refractivity contribution in [3.8, 4) is 0 Å². The van der Waals surface area contributed by atoms with E-state index in [4.69, 9.17) is 13.5 Å². The average molecular weight is 368 g/mol. The quantitative estimate of drug-likeness (QED) is 0.567. The predicted octanol–water partition coefficient (Wildman–Crippen LogP) is 2.46. The van der Waals surface area contributed by atoms with Gasteiger partial charge in [-0.2, -0.15) is 14.2 Å². The van der Waals surface area contributed by atoms with E-state index in [1.807, 2.05) is 0 Å². The van der Waals surface area contributed by atoms with Crippen molar-refractivity contribution < 1.29 is 37.9 Å². The molecule has 2 unspecified atom stereocenters. The molecule has 0 spiro atoms. The molecule has 132 valence electrons. The van der Waals surface area contributed by atoms with Crippen molar-refractivity contribution in [2.24, 2.45) is 5.92 Å². The van der Waals surface area contributed by atoms with Crippen LogP contribution in [0.1, 0.15) is 51.9 Å². The van der Waals surface area contributed by atoms with Crippen LogP contribution in [0.4, 0.5) is 0 Å². The summed E-state index contributed by atoms with van der Waals surface area (Å²) >= 11 is -0.685. The van der Waals surface area contributed by atoms with Gasteiger partial charge in [0.05, 0.1) is 0 Å². The molecular weight excluding hydrogens is 340 g/mol. The number of rotatable bonds is 3.